The first-order valence-corrected chi connectivity index (χ1v) is 14.8. The lowest BCUT2D eigenvalue weighted by molar-refractivity contribution is -0.122. The second kappa shape index (κ2) is 13.5. The lowest BCUT2D eigenvalue weighted by Gasteiger charge is -2.16. The Morgan fingerprint density at radius 3 is 2.40 bits per heavy atom. The summed E-state index contributed by atoms with van der Waals surface area (Å²) in [7, 11) is 0. The molecule has 0 saturated carbocycles. The lowest BCUT2D eigenvalue weighted by Crippen LogP contribution is -2.28. The maximum Gasteiger partial charge on any atom is 0.335 e. The fraction of sp³-hybridized carbons (Fsp3) is 0.0909. The molecule has 10 heteroatoms. The van der Waals surface area contributed by atoms with E-state index in [1.165, 1.54) is 23.9 Å². The van der Waals surface area contributed by atoms with Crippen molar-refractivity contribution in [1.29, 1.82) is 0 Å². The van der Waals surface area contributed by atoms with Gasteiger partial charge in [-0.15, -0.1) is 0 Å². The standard InChI is InChI=1S/C33H26BrN3O5S/c1-21-7-14-26(15-8-21)35-30(38)20-42-28-16-11-23(17-27(28)34)18-29-31(39)37(19-22-9-12-24(13-10-22)32(40)41)33(43-29)36-25-5-3-2-4-6-25/h2-18H,19-20H2,1H3,(H,35,38)(H,40,41)/b29-18+,36-33?. The molecule has 1 fully saturated rings. The summed E-state index contributed by atoms with van der Waals surface area (Å²) in [4.78, 5) is 43.9. The van der Waals surface area contributed by atoms with Gasteiger partial charge in [0.25, 0.3) is 11.8 Å². The van der Waals surface area contributed by atoms with Crippen molar-refractivity contribution in [3.8, 4) is 5.75 Å². The van der Waals surface area contributed by atoms with E-state index in [0.29, 0.717) is 31.7 Å². The van der Waals surface area contributed by atoms with Crippen LogP contribution in [0.2, 0.25) is 0 Å². The van der Waals surface area contributed by atoms with Gasteiger partial charge in [-0.2, -0.15) is 0 Å². The number of aliphatic imine (C=N–C) groups is 1. The lowest BCUT2D eigenvalue weighted by atomic mass is 10.1. The van der Waals surface area contributed by atoms with Gasteiger partial charge in [-0.25, -0.2) is 9.79 Å². The van der Waals surface area contributed by atoms with Gasteiger partial charge in [-0.1, -0.05) is 54.1 Å². The molecule has 0 spiro atoms. The summed E-state index contributed by atoms with van der Waals surface area (Å²) in [5.74, 6) is -1.02. The second-order valence-corrected chi connectivity index (χ2v) is 11.5. The zero-order valence-electron chi connectivity index (χ0n) is 23.0. The number of amides is 2. The van der Waals surface area contributed by atoms with Crippen molar-refractivity contribution in [2.75, 3.05) is 11.9 Å². The van der Waals surface area contributed by atoms with E-state index in [4.69, 9.17) is 9.73 Å². The Labute approximate surface area is 261 Å². The highest BCUT2D eigenvalue weighted by atomic mass is 79.9. The molecule has 2 N–H and O–H groups in total. The molecule has 0 bridgehead atoms. The van der Waals surface area contributed by atoms with Gasteiger partial charge in [0, 0.05) is 5.69 Å². The van der Waals surface area contributed by atoms with Crippen molar-refractivity contribution in [1.82, 2.24) is 4.90 Å². The molecule has 216 valence electrons. The van der Waals surface area contributed by atoms with Crippen molar-refractivity contribution in [3.05, 3.63) is 129 Å². The highest BCUT2D eigenvalue weighted by Gasteiger charge is 2.33. The van der Waals surface area contributed by atoms with Crippen LogP contribution >= 0.6 is 27.7 Å². The average molecular weight is 657 g/mol. The molecule has 0 radical (unpaired) electrons. The van der Waals surface area contributed by atoms with Crippen LogP contribution in [0.25, 0.3) is 6.08 Å². The number of thioether (sulfide) groups is 1. The Kier molecular flexibility index (Phi) is 9.38. The minimum Gasteiger partial charge on any atom is -0.483 e. The smallest absolute Gasteiger partial charge is 0.335 e. The number of hydrogen-bond donors (Lipinski definition) is 2. The number of carboxylic acids is 1. The summed E-state index contributed by atoms with van der Waals surface area (Å²) in [5, 5.41) is 12.5. The normalized spacial score (nSPS) is 14.7. The first kappa shape index (κ1) is 29.8. The number of aromatic carboxylic acids is 1. The van der Waals surface area contributed by atoms with Gasteiger partial charge >= 0.3 is 5.97 Å². The quantitative estimate of drug-likeness (QED) is 0.184. The predicted molar refractivity (Wildman–Crippen MR) is 173 cm³/mol. The average Bonchev–Trinajstić information content (AvgIpc) is 3.27. The number of hydrogen-bond acceptors (Lipinski definition) is 6. The molecule has 1 aliphatic heterocycles. The molecule has 5 rings (SSSR count). The van der Waals surface area contributed by atoms with Gasteiger partial charge in [0.1, 0.15) is 5.75 Å². The van der Waals surface area contributed by atoms with E-state index in [9.17, 15) is 19.5 Å². The number of halogens is 1. The van der Waals surface area contributed by atoms with Crippen molar-refractivity contribution in [2.24, 2.45) is 4.99 Å². The van der Waals surface area contributed by atoms with Crippen molar-refractivity contribution in [3.63, 3.8) is 0 Å². The fourth-order valence-corrected chi connectivity index (χ4v) is 5.64. The van der Waals surface area contributed by atoms with Crippen molar-refractivity contribution >= 4 is 68.1 Å². The highest BCUT2D eigenvalue weighted by Crippen LogP contribution is 2.36. The van der Waals surface area contributed by atoms with E-state index in [1.807, 2.05) is 67.6 Å². The number of anilines is 1. The highest BCUT2D eigenvalue weighted by molar-refractivity contribution is 9.10. The Morgan fingerprint density at radius 2 is 1.72 bits per heavy atom. The number of aryl methyl sites for hydroxylation is 1. The molecule has 1 saturated heterocycles. The Hall–Kier alpha value is -4.67. The summed E-state index contributed by atoms with van der Waals surface area (Å²) >= 11 is 4.77. The van der Waals surface area contributed by atoms with Crippen LogP contribution in [0.5, 0.6) is 5.75 Å². The maximum atomic E-state index is 13.6. The van der Waals surface area contributed by atoms with Crippen LogP contribution in [0.4, 0.5) is 11.4 Å². The zero-order chi connectivity index (χ0) is 30.3. The summed E-state index contributed by atoms with van der Waals surface area (Å²) < 4.78 is 6.35. The van der Waals surface area contributed by atoms with E-state index in [1.54, 1.807) is 35.2 Å². The van der Waals surface area contributed by atoms with Crippen LogP contribution in [0, 0.1) is 6.92 Å². The maximum absolute atomic E-state index is 13.6. The van der Waals surface area contributed by atoms with Gasteiger partial charge < -0.3 is 15.2 Å². The molecule has 1 aliphatic rings. The molecule has 0 atom stereocenters. The first-order valence-electron chi connectivity index (χ1n) is 13.2. The molecular formula is C33H26BrN3O5S. The van der Waals surface area contributed by atoms with Gasteiger partial charge in [-0.3, -0.25) is 14.5 Å². The number of rotatable bonds is 9. The van der Waals surface area contributed by atoms with Crippen LogP contribution in [0.15, 0.2) is 111 Å². The van der Waals surface area contributed by atoms with E-state index < -0.39 is 5.97 Å². The molecular weight excluding hydrogens is 630 g/mol. The van der Waals surface area contributed by atoms with Gasteiger partial charge in [0.2, 0.25) is 0 Å². The van der Waals surface area contributed by atoms with Gasteiger partial charge in [0.05, 0.1) is 27.2 Å². The van der Waals surface area contributed by atoms with Crippen molar-refractivity contribution < 1.29 is 24.2 Å². The number of para-hydroxylation sites is 1. The minimum absolute atomic E-state index is 0.164. The van der Waals surface area contributed by atoms with Gasteiger partial charge in [-0.05, 0) is 100 Å². The predicted octanol–water partition coefficient (Wildman–Crippen LogP) is 7.28. The molecule has 8 nitrogen and oxygen atoms in total. The molecule has 0 aromatic heterocycles. The van der Waals surface area contributed by atoms with Crippen molar-refractivity contribution in [2.45, 2.75) is 13.5 Å². The summed E-state index contributed by atoms with van der Waals surface area (Å²) in [5.41, 5.74) is 4.21. The first-order chi connectivity index (χ1) is 20.7. The third-order valence-corrected chi connectivity index (χ3v) is 7.98. The minimum atomic E-state index is -1.01. The number of benzene rings is 4. The summed E-state index contributed by atoms with van der Waals surface area (Å²) in [6, 6.07) is 28.6. The number of carbonyl (C=O) groups is 3. The van der Waals surface area contributed by atoms with Crippen LogP contribution in [-0.4, -0.2) is 39.6 Å². The Bertz CT molecular complexity index is 1720. The molecule has 0 unspecified atom stereocenters. The number of carbonyl (C=O) groups excluding carboxylic acids is 2. The number of nitrogens with zero attached hydrogens (tertiary/aromatic N) is 2. The second-order valence-electron chi connectivity index (χ2n) is 9.63. The molecule has 2 amide bonds. The molecule has 4 aromatic rings. The van der Waals surface area contributed by atoms with E-state index in [0.717, 1.165) is 16.7 Å². The molecule has 1 heterocycles. The van der Waals surface area contributed by atoms with Crippen LogP contribution in [0.1, 0.15) is 27.0 Å². The number of carboxylic acid groups (broad SMARTS) is 1. The molecule has 0 aliphatic carbocycles. The topological polar surface area (TPSA) is 108 Å². The Morgan fingerprint density at radius 1 is 1.00 bits per heavy atom. The van der Waals surface area contributed by atoms with E-state index in [-0.39, 0.29) is 30.5 Å². The zero-order valence-corrected chi connectivity index (χ0v) is 25.4. The monoisotopic (exact) mass is 655 g/mol. The molecule has 4 aromatic carbocycles. The van der Waals surface area contributed by atoms with E-state index in [2.05, 4.69) is 21.2 Å². The third-order valence-electron chi connectivity index (χ3n) is 6.36. The summed E-state index contributed by atoms with van der Waals surface area (Å²) in [6.45, 7) is 2.05. The number of amidine groups is 1. The van der Waals surface area contributed by atoms with E-state index >= 15 is 0 Å². The Balaban J connectivity index is 1.31. The summed E-state index contributed by atoms with van der Waals surface area (Å²) in [6.07, 6.45) is 1.78. The number of ether oxygens (including phenoxy) is 1. The van der Waals surface area contributed by atoms with Gasteiger partial charge in [0.15, 0.2) is 11.8 Å². The SMILES string of the molecule is Cc1ccc(NC(=O)COc2ccc(/C=C3/SC(=Nc4ccccc4)N(Cc4ccc(C(=O)O)cc4)C3=O)cc2Br)cc1. The van der Waals surface area contributed by atoms with Crippen LogP contribution in [-0.2, 0) is 16.1 Å². The molecule has 43 heavy (non-hydrogen) atoms. The number of nitrogens with one attached hydrogen (secondary N) is 1. The van der Waals surface area contributed by atoms with Crippen LogP contribution in [0.3, 0.4) is 0 Å². The third kappa shape index (κ3) is 7.79. The largest absolute Gasteiger partial charge is 0.483 e. The fourth-order valence-electron chi connectivity index (χ4n) is 4.13. The van der Waals surface area contributed by atoms with Crippen LogP contribution < -0.4 is 10.1 Å².